The SMILES string of the molecule is CCNC(=O)c1ccccc1N1CC(C(=O)O)CC1=O. The summed E-state index contributed by atoms with van der Waals surface area (Å²) in [5.74, 6) is -2.25. The monoisotopic (exact) mass is 276 g/mol. The Kier molecular flexibility index (Phi) is 4.02. The molecule has 2 rings (SSSR count). The number of anilines is 1. The van der Waals surface area contributed by atoms with E-state index in [0.717, 1.165) is 0 Å². The molecule has 1 heterocycles. The Morgan fingerprint density at radius 3 is 2.70 bits per heavy atom. The van der Waals surface area contributed by atoms with Crippen LogP contribution in [0.5, 0.6) is 0 Å². The highest BCUT2D eigenvalue weighted by atomic mass is 16.4. The van der Waals surface area contributed by atoms with Crippen molar-refractivity contribution < 1.29 is 19.5 Å². The molecular formula is C14H16N2O4. The molecular weight excluding hydrogens is 260 g/mol. The van der Waals surface area contributed by atoms with Crippen LogP contribution in [0.25, 0.3) is 0 Å². The van der Waals surface area contributed by atoms with Crippen LogP contribution in [0.4, 0.5) is 5.69 Å². The van der Waals surface area contributed by atoms with E-state index in [9.17, 15) is 14.4 Å². The van der Waals surface area contributed by atoms with Gasteiger partial charge in [-0.1, -0.05) is 12.1 Å². The van der Waals surface area contributed by atoms with Gasteiger partial charge in [0.05, 0.1) is 17.2 Å². The minimum absolute atomic E-state index is 0.0287. The zero-order chi connectivity index (χ0) is 14.7. The quantitative estimate of drug-likeness (QED) is 0.854. The molecule has 6 heteroatoms. The number of carboxylic acid groups (broad SMARTS) is 1. The number of hydrogen-bond donors (Lipinski definition) is 2. The molecule has 0 aliphatic carbocycles. The zero-order valence-corrected chi connectivity index (χ0v) is 11.1. The first-order valence-electron chi connectivity index (χ1n) is 6.45. The average molecular weight is 276 g/mol. The maximum absolute atomic E-state index is 12.0. The second-order valence-electron chi connectivity index (χ2n) is 4.62. The molecule has 1 aromatic carbocycles. The summed E-state index contributed by atoms with van der Waals surface area (Å²) in [4.78, 5) is 36.3. The van der Waals surface area contributed by atoms with Crippen LogP contribution in [0.15, 0.2) is 24.3 Å². The molecule has 0 saturated carbocycles. The van der Waals surface area contributed by atoms with E-state index in [1.807, 2.05) is 6.92 Å². The minimum Gasteiger partial charge on any atom is -0.481 e. The minimum atomic E-state index is -0.989. The number of aliphatic carboxylic acids is 1. The van der Waals surface area contributed by atoms with Crippen molar-refractivity contribution >= 4 is 23.5 Å². The first-order chi connectivity index (χ1) is 9.54. The lowest BCUT2D eigenvalue weighted by molar-refractivity contribution is -0.141. The first kappa shape index (κ1) is 14.0. The molecule has 106 valence electrons. The highest BCUT2D eigenvalue weighted by Crippen LogP contribution is 2.28. The molecule has 1 aliphatic rings. The topological polar surface area (TPSA) is 86.7 Å². The van der Waals surface area contributed by atoms with Gasteiger partial charge in [-0.3, -0.25) is 14.4 Å². The molecule has 1 unspecified atom stereocenters. The van der Waals surface area contributed by atoms with Gasteiger partial charge in [-0.2, -0.15) is 0 Å². The number of para-hydroxylation sites is 1. The fraction of sp³-hybridized carbons (Fsp3) is 0.357. The summed E-state index contributed by atoms with van der Waals surface area (Å²) in [7, 11) is 0. The Morgan fingerprint density at radius 1 is 1.40 bits per heavy atom. The van der Waals surface area contributed by atoms with Gasteiger partial charge in [0.2, 0.25) is 5.91 Å². The molecule has 1 aromatic rings. The Bertz CT molecular complexity index is 556. The smallest absolute Gasteiger partial charge is 0.308 e. The molecule has 2 N–H and O–H groups in total. The van der Waals surface area contributed by atoms with Crippen molar-refractivity contribution in [2.24, 2.45) is 5.92 Å². The van der Waals surface area contributed by atoms with Gasteiger partial charge in [0, 0.05) is 19.5 Å². The Morgan fingerprint density at radius 2 is 2.10 bits per heavy atom. The molecule has 0 spiro atoms. The van der Waals surface area contributed by atoms with Gasteiger partial charge < -0.3 is 15.3 Å². The van der Waals surface area contributed by atoms with Gasteiger partial charge in [-0.05, 0) is 19.1 Å². The third-order valence-corrected chi connectivity index (χ3v) is 3.25. The van der Waals surface area contributed by atoms with Gasteiger partial charge >= 0.3 is 5.97 Å². The number of rotatable bonds is 4. The average Bonchev–Trinajstić information content (AvgIpc) is 2.81. The summed E-state index contributed by atoms with van der Waals surface area (Å²) >= 11 is 0. The van der Waals surface area contributed by atoms with Crippen molar-refractivity contribution in [3.63, 3.8) is 0 Å². The van der Waals surface area contributed by atoms with Crippen molar-refractivity contribution in [1.29, 1.82) is 0 Å². The maximum Gasteiger partial charge on any atom is 0.308 e. The number of benzene rings is 1. The van der Waals surface area contributed by atoms with Crippen molar-refractivity contribution in [2.75, 3.05) is 18.0 Å². The van der Waals surface area contributed by atoms with Crippen LogP contribution in [0.1, 0.15) is 23.7 Å². The van der Waals surface area contributed by atoms with E-state index < -0.39 is 11.9 Å². The first-order valence-corrected chi connectivity index (χ1v) is 6.45. The number of carboxylic acids is 1. The highest BCUT2D eigenvalue weighted by Gasteiger charge is 2.36. The molecule has 1 saturated heterocycles. The van der Waals surface area contributed by atoms with Crippen molar-refractivity contribution in [3.8, 4) is 0 Å². The fourth-order valence-corrected chi connectivity index (χ4v) is 2.26. The number of nitrogens with zero attached hydrogens (tertiary/aromatic N) is 1. The lowest BCUT2D eigenvalue weighted by Gasteiger charge is -2.19. The number of carbonyl (C=O) groups excluding carboxylic acids is 2. The summed E-state index contributed by atoms with van der Waals surface area (Å²) < 4.78 is 0. The lowest BCUT2D eigenvalue weighted by atomic mass is 10.1. The van der Waals surface area contributed by atoms with E-state index in [1.165, 1.54) is 4.90 Å². The van der Waals surface area contributed by atoms with E-state index in [1.54, 1.807) is 24.3 Å². The number of nitrogens with one attached hydrogen (secondary N) is 1. The van der Waals surface area contributed by atoms with Gasteiger partial charge in [-0.25, -0.2) is 0 Å². The van der Waals surface area contributed by atoms with E-state index in [4.69, 9.17) is 5.11 Å². The normalized spacial score (nSPS) is 18.1. The van der Waals surface area contributed by atoms with Gasteiger partial charge in [0.25, 0.3) is 5.91 Å². The van der Waals surface area contributed by atoms with E-state index >= 15 is 0 Å². The zero-order valence-electron chi connectivity index (χ0n) is 11.1. The standard InChI is InChI=1S/C14H16N2O4/c1-2-15-13(18)10-5-3-4-6-11(10)16-8-9(14(19)20)7-12(16)17/h3-6,9H,2,7-8H2,1H3,(H,15,18)(H,19,20). The molecule has 0 aromatic heterocycles. The fourth-order valence-electron chi connectivity index (χ4n) is 2.26. The van der Waals surface area contributed by atoms with E-state index in [0.29, 0.717) is 17.8 Å². The molecule has 0 bridgehead atoms. The van der Waals surface area contributed by atoms with Crippen molar-refractivity contribution in [2.45, 2.75) is 13.3 Å². The van der Waals surface area contributed by atoms with Crippen LogP contribution in [-0.2, 0) is 9.59 Å². The summed E-state index contributed by atoms with van der Waals surface area (Å²) in [5, 5.41) is 11.7. The predicted molar refractivity (Wildman–Crippen MR) is 72.5 cm³/mol. The number of amides is 2. The van der Waals surface area contributed by atoms with E-state index in [2.05, 4.69) is 5.32 Å². The van der Waals surface area contributed by atoms with Gasteiger partial charge in [0.1, 0.15) is 0 Å². The second kappa shape index (κ2) is 5.73. The van der Waals surface area contributed by atoms with Gasteiger partial charge in [0.15, 0.2) is 0 Å². The molecule has 6 nitrogen and oxygen atoms in total. The summed E-state index contributed by atoms with van der Waals surface area (Å²) in [6.07, 6.45) is -0.0287. The Balaban J connectivity index is 2.31. The van der Waals surface area contributed by atoms with Crippen molar-refractivity contribution in [1.82, 2.24) is 5.32 Å². The summed E-state index contributed by atoms with van der Waals surface area (Å²) in [6.45, 7) is 2.39. The van der Waals surface area contributed by atoms with Crippen molar-refractivity contribution in [3.05, 3.63) is 29.8 Å². The molecule has 2 amide bonds. The Hall–Kier alpha value is -2.37. The van der Waals surface area contributed by atoms with Crippen LogP contribution < -0.4 is 10.2 Å². The van der Waals surface area contributed by atoms with E-state index in [-0.39, 0.29) is 24.8 Å². The molecule has 0 radical (unpaired) electrons. The maximum atomic E-state index is 12.0. The Labute approximate surface area is 116 Å². The third-order valence-electron chi connectivity index (χ3n) is 3.25. The third kappa shape index (κ3) is 2.64. The molecule has 1 atom stereocenters. The molecule has 1 aliphatic heterocycles. The lowest BCUT2D eigenvalue weighted by Crippen LogP contribution is -2.30. The van der Waals surface area contributed by atoms with Crippen LogP contribution in [0.3, 0.4) is 0 Å². The number of carbonyl (C=O) groups is 3. The summed E-state index contributed by atoms with van der Waals surface area (Å²) in [5.41, 5.74) is 0.848. The van der Waals surface area contributed by atoms with Crippen LogP contribution in [-0.4, -0.2) is 36.0 Å². The second-order valence-corrected chi connectivity index (χ2v) is 4.62. The van der Waals surface area contributed by atoms with Crippen LogP contribution >= 0.6 is 0 Å². The van der Waals surface area contributed by atoms with Crippen LogP contribution in [0.2, 0.25) is 0 Å². The number of hydrogen-bond acceptors (Lipinski definition) is 3. The molecule has 20 heavy (non-hydrogen) atoms. The highest BCUT2D eigenvalue weighted by molar-refractivity contribution is 6.06. The predicted octanol–water partition coefficient (Wildman–Crippen LogP) is 0.874. The van der Waals surface area contributed by atoms with Gasteiger partial charge in [-0.15, -0.1) is 0 Å². The summed E-state index contributed by atoms with van der Waals surface area (Å²) in [6, 6.07) is 6.72. The van der Waals surface area contributed by atoms with Crippen LogP contribution in [0, 0.1) is 5.92 Å². The largest absolute Gasteiger partial charge is 0.481 e. The molecule has 1 fully saturated rings.